The number of benzene rings is 1. The van der Waals surface area contributed by atoms with Crippen LogP contribution >= 0.6 is 0 Å². The van der Waals surface area contributed by atoms with E-state index in [0.717, 1.165) is 18.4 Å². The third-order valence-corrected chi connectivity index (χ3v) is 4.56. The molecule has 0 aliphatic carbocycles. The number of carbonyl (C=O) groups is 1. The van der Waals surface area contributed by atoms with Crippen molar-refractivity contribution in [3.63, 3.8) is 0 Å². The van der Waals surface area contributed by atoms with Gasteiger partial charge in [-0.15, -0.1) is 0 Å². The quantitative estimate of drug-likeness (QED) is 0.902. The molecule has 1 N–H and O–H groups in total. The Kier molecular flexibility index (Phi) is 3.42. The number of hydrogen-bond acceptors (Lipinski definition) is 3. The Morgan fingerprint density at radius 1 is 1.30 bits per heavy atom. The molecule has 2 aliphatic rings. The lowest BCUT2D eigenvalue weighted by atomic mass is 9.81. The van der Waals surface area contributed by atoms with E-state index in [2.05, 4.69) is 0 Å². The molecule has 0 spiro atoms. The van der Waals surface area contributed by atoms with Gasteiger partial charge in [-0.25, -0.2) is 4.79 Å². The van der Waals surface area contributed by atoms with E-state index in [1.807, 2.05) is 42.2 Å². The molecule has 4 nitrogen and oxygen atoms in total. The van der Waals surface area contributed by atoms with Crippen LogP contribution in [0.5, 0.6) is 0 Å². The third kappa shape index (κ3) is 2.18. The van der Waals surface area contributed by atoms with E-state index >= 15 is 0 Å². The van der Waals surface area contributed by atoms with Gasteiger partial charge in [-0.05, 0) is 25.3 Å². The predicted molar refractivity (Wildman–Crippen MR) is 75.2 cm³/mol. The van der Waals surface area contributed by atoms with Gasteiger partial charge >= 0.3 is 6.09 Å². The molecule has 2 bridgehead atoms. The lowest BCUT2D eigenvalue weighted by Crippen LogP contribution is -2.52. The fourth-order valence-electron chi connectivity index (χ4n) is 3.71. The first-order valence-corrected chi connectivity index (χ1v) is 7.37. The summed E-state index contributed by atoms with van der Waals surface area (Å²) >= 11 is 0. The Morgan fingerprint density at radius 3 is 2.45 bits per heavy atom. The smallest absolute Gasteiger partial charge is 0.410 e. The summed E-state index contributed by atoms with van der Waals surface area (Å²) in [5, 5.41) is 11.0. The van der Waals surface area contributed by atoms with E-state index in [-0.39, 0.29) is 18.2 Å². The van der Waals surface area contributed by atoms with Crippen LogP contribution < -0.4 is 0 Å². The highest BCUT2D eigenvalue weighted by molar-refractivity contribution is 5.69. The van der Waals surface area contributed by atoms with Crippen molar-refractivity contribution >= 4 is 6.09 Å². The molecule has 1 amide bonds. The predicted octanol–water partition coefficient (Wildman–Crippen LogP) is 2.66. The van der Waals surface area contributed by atoms with Crippen LogP contribution in [0.2, 0.25) is 0 Å². The first kappa shape index (κ1) is 13.4. The zero-order valence-corrected chi connectivity index (χ0v) is 11.8. The summed E-state index contributed by atoms with van der Waals surface area (Å²) in [6, 6.07) is 9.99. The van der Waals surface area contributed by atoms with E-state index in [0.29, 0.717) is 19.4 Å². The van der Waals surface area contributed by atoms with Crippen molar-refractivity contribution in [1.29, 1.82) is 0 Å². The summed E-state index contributed by atoms with van der Waals surface area (Å²) in [6.07, 6.45) is 2.89. The van der Waals surface area contributed by atoms with Crippen molar-refractivity contribution in [2.24, 2.45) is 0 Å². The zero-order chi connectivity index (χ0) is 14.2. The second-order valence-corrected chi connectivity index (χ2v) is 5.80. The summed E-state index contributed by atoms with van der Waals surface area (Å²) in [7, 11) is 0. The number of amides is 1. The van der Waals surface area contributed by atoms with Crippen LogP contribution in [0.3, 0.4) is 0 Å². The highest BCUT2D eigenvalue weighted by Gasteiger charge is 2.50. The highest BCUT2D eigenvalue weighted by atomic mass is 16.6. The second kappa shape index (κ2) is 5.09. The Hall–Kier alpha value is -1.55. The van der Waals surface area contributed by atoms with Gasteiger partial charge in [-0.2, -0.15) is 0 Å². The average molecular weight is 275 g/mol. The molecule has 2 saturated heterocycles. The van der Waals surface area contributed by atoms with Crippen LogP contribution in [0.25, 0.3) is 0 Å². The largest absolute Gasteiger partial charge is 0.450 e. The molecule has 1 aromatic rings. The summed E-state index contributed by atoms with van der Waals surface area (Å²) in [5.74, 6) is 0. The van der Waals surface area contributed by atoms with E-state index in [1.54, 1.807) is 0 Å². The Bertz CT molecular complexity index is 474. The molecular weight excluding hydrogens is 254 g/mol. The van der Waals surface area contributed by atoms with Crippen molar-refractivity contribution in [2.45, 2.75) is 50.3 Å². The van der Waals surface area contributed by atoms with Crippen molar-refractivity contribution in [1.82, 2.24) is 4.90 Å². The lowest BCUT2D eigenvalue weighted by molar-refractivity contribution is -0.0525. The molecule has 2 aliphatic heterocycles. The normalized spacial score (nSPS) is 32.2. The molecule has 2 heterocycles. The van der Waals surface area contributed by atoms with Crippen LogP contribution in [-0.2, 0) is 10.3 Å². The summed E-state index contributed by atoms with van der Waals surface area (Å²) < 4.78 is 5.14. The van der Waals surface area contributed by atoms with Gasteiger partial charge in [0.25, 0.3) is 0 Å². The molecule has 0 radical (unpaired) electrons. The number of aliphatic hydroxyl groups is 1. The average Bonchev–Trinajstić information content (AvgIpc) is 2.73. The van der Waals surface area contributed by atoms with Crippen molar-refractivity contribution in [2.75, 3.05) is 6.61 Å². The molecule has 2 fully saturated rings. The zero-order valence-electron chi connectivity index (χ0n) is 11.8. The number of carbonyl (C=O) groups excluding carboxylic acids is 1. The molecule has 2 unspecified atom stereocenters. The molecule has 3 rings (SSSR count). The van der Waals surface area contributed by atoms with Gasteiger partial charge in [0.1, 0.15) is 0 Å². The van der Waals surface area contributed by atoms with Gasteiger partial charge in [0.2, 0.25) is 0 Å². The summed E-state index contributed by atoms with van der Waals surface area (Å²) in [6.45, 7) is 2.22. The maximum atomic E-state index is 12.0. The maximum Gasteiger partial charge on any atom is 0.410 e. The molecule has 0 aromatic heterocycles. The van der Waals surface area contributed by atoms with Gasteiger partial charge in [-0.3, -0.25) is 0 Å². The Balaban J connectivity index is 1.81. The van der Waals surface area contributed by atoms with Gasteiger partial charge in [-0.1, -0.05) is 30.3 Å². The number of piperidine rings is 1. The first-order chi connectivity index (χ1) is 9.64. The molecule has 20 heavy (non-hydrogen) atoms. The maximum absolute atomic E-state index is 12.0. The number of fused-ring (bicyclic) bond motifs is 2. The minimum Gasteiger partial charge on any atom is -0.450 e. The number of ether oxygens (including phenoxy) is 1. The summed E-state index contributed by atoms with van der Waals surface area (Å²) in [4.78, 5) is 13.9. The van der Waals surface area contributed by atoms with Gasteiger partial charge < -0.3 is 14.7 Å². The lowest BCUT2D eigenvalue weighted by Gasteiger charge is -2.43. The molecule has 0 saturated carbocycles. The van der Waals surface area contributed by atoms with E-state index in [9.17, 15) is 9.90 Å². The number of rotatable bonds is 2. The van der Waals surface area contributed by atoms with Crippen LogP contribution in [-0.4, -0.2) is 34.8 Å². The van der Waals surface area contributed by atoms with Crippen LogP contribution in [0.4, 0.5) is 4.79 Å². The Morgan fingerprint density at radius 2 is 1.90 bits per heavy atom. The topological polar surface area (TPSA) is 49.8 Å². The monoisotopic (exact) mass is 275 g/mol. The second-order valence-electron chi connectivity index (χ2n) is 5.80. The number of hydrogen-bond donors (Lipinski definition) is 1. The minimum atomic E-state index is -0.809. The highest BCUT2D eigenvalue weighted by Crippen LogP contribution is 2.45. The minimum absolute atomic E-state index is 0.0954. The van der Waals surface area contributed by atoms with Crippen molar-refractivity contribution in [3.8, 4) is 0 Å². The standard InChI is InChI=1S/C16H21NO3/c1-2-20-15(18)17-13-8-9-14(17)11-16(19,10-13)12-6-4-3-5-7-12/h3-7,13-14,19H,2,8-11H2,1H3. The van der Waals surface area contributed by atoms with Crippen molar-refractivity contribution < 1.29 is 14.6 Å². The molecule has 2 atom stereocenters. The van der Waals surface area contributed by atoms with Gasteiger partial charge in [0.05, 0.1) is 12.2 Å². The summed E-state index contributed by atoms with van der Waals surface area (Å²) in [5.41, 5.74) is 0.149. The first-order valence-electron chi connectivity index (χ1n) is 7.37. The Labute approximate surface area is 119 Å². The van der Waals surface area contributed by atoms with E-state index in [1.165, 1.54) is 0 Å². The van der Waals surface area contributed by atoms with Crippen LogP contribution in [0, 0.1) is 0 Å². The molecular formula is C16H21NO3. The fraction of sp³-hybridized carbons (Fsp3) is 0.562. The van der Waals surface area contributed by atoms with E-state index < -0.39 is 5.60 Å². The molecule has 1 aromatic carbocycles. The van der Waals surface area contributed by atoms with Crippen LogP contribution in [0.15, 0.2) is 30.3 Å². The number of nitrogens with zero attached hydrogens (tertiary/aromatic N) is 1. The van der Waals surface area contributed by atoms with Gasteiger partial charge in [0.15, 0.2) is 0 Å². The van der Waals surface area contributed by atoms with Crippen molar-refractivity contribution in [3.05, 3.63) is 35.9 Å². The SMILES string of the molecule is CCOC(=O)N1C2CCC1CC(O)(c1ccccc1)C2. The molecule has 4 heteroatoms. The third-order valence-electron chi connectivity index (χ3n) is 4.56. The van der Waals surface area contributed by atoms with Gasteiger partial charge in [0, 0.05) is 24.9 Å². The fourth-order valence-corrected chi connectivity index (χ4v) is 3.71. The molecule has 108 valence electrons. The van der Waals surface area contributed by atoms with Crippen LogP contribution in [0.1, 0.15) is 38.2 Å². The van der Waals surface area contributed by atoms with E-state index in [4.69, 9.17) is 4.74 Å².